The molecule has 0 amide bonds. The van der Waals surface area contributed by atoms with E-state index in [0.717, 1.165) is 4.47 Å². The van der Waals surface area contributed by atoms with Crippen molar-refractivity contribution in [1.82, 2.24) is 15.0 Å². The standard InChI is InChI=1S/C12H12BrN3O2/c1-3-18-12(17)10-7(2)15-11(16-10)9-5-4-8(13)6-14-9/h4-6H,3H2,1-2H3,(H,15,16). The Balaban J connectivity index is 2.34. The van der Waals surface area contributed by atoms with Crippen molar-refractivity contribution >= 4 is 21.9 Å². The minimum atomic E-state index is -0.422. The minimum absolute atomic E-state index is 0.302. The van der Waals surface area contributed by atoms with E-state index >= 15 is 0 Å². The van der Waals surface area contributed by atoms with Crippen molar-refractivity contribution in [2.75, 3.05) is 6.61 Å². The van der Waals surface area contributed by atoms with Gasteiger partial charge in [0.1, 0.15) is 5.69 Å². The van der Waals surface area contributed by atoms with Gasteiger partial charge in [0.2, 0.25) is 0 Å². The van der Waals surface area contributed by atoms with Gasteiger partial charge >= 0.3 is 5.97 Å². The molecule has 0 radical (unpaired) electrons. The Bertz CT molecular complexity index is 563. The predicted molar refractivity (Wildman–Crippen MR) is 70.2 cm³/mol. The third-order valence-corrected chi connectivity index (χ3v) is 2.79. The summed E-state index contributed by atoms with van der Waals surface area (Å²) in [6.07, 6.45) is 1.68. The van der Waals surface area contributed by atoms with Crippen molar-refractivity contribution in [2.45, 2.75) is 13.8 Å². The number of ether oxygens (including phenoxy) is 1. The number of halogens is 1. The number of pyridine rings is 1. The average Bonchev–Trinajstić information content (AvgIpc) is 2.72. The summed E-state index contributed by atoms with van der Waals surface area (Å²) in [7, 11) is 0. The van der Waals surface area contributed by atoms with Crippen LogP contribution in [-0.2, 0) is 4.74 Å². The summed E-state index contributed by atoms with van der Waals surface area (Å²) in [5.74, 6) is 0.137. The maximum atomic E-state index is 11.6. The van der Waals surface area contributed by atoms with Crippen molar-refractivity contribution in [1.29, 1.82) is 0 Å². The van der Waals surface area contributed by atoms with Gasteiger partial charge in [0.15, 0.2) is 11.5 Å². The molecule has 0 spiro atoms. The van der Waals surface area contributed by atoms with E-state index in [9.17, 15) is 4.79 Å². The second-order valence-corrected chi connectivity index (χ2v) is 4.56. The molecular weight excluding hydrogens is 298 g/mol. The Morgan fingerprint density at radius 2 is 2.28 bits per heavy atom. The Kier molecular flexibility index (Phi) is 3.76. The van der Waals surface area contributed by atoms with Crippen LogP contribution in [0.4, 0.5) is 0 Å². The monoisotopic (exact) mass is 309 g/mol. The quantitative estimate of drug-likeness (QED) is 0.885. The van der Waals surface area contributed by atoms with Gasteiger partial charge in [0.05, 0.1) is 6.61 Å². The van der Waals surface area contributed by atoms with Gasteiger partial charge in [-0.25, -0.2) is 9.78 Å². The van der Waals surface area contributed by atoms with E-state index < -0.39 is 5.97 Å². The summed E-state index contributed by atoms with van der Waals surface area (Å²) < 4.78 is 5.82. The number of hydrogen-bond acceptors (Lipinski definition) is 4. The summed E-state index contributed by atoms with van der Waals surface area (Å²) in [4.78, 5) is 23.1. The number of rotatable bonds is 3. The number of hydrogen-bond donors (Lipinski definition) is 1. The van der Waals surface area contributed by atoms with E-state index in [-0.39, 0.29) is 0 Å². The molecule has 94 valence electrons. The number of carbonyl (C=O) groups excluding carboxylic acids is 1. The fourth-order valence-corrected chi connectivity index (χ4v) is 1.73. The number of esters is 1. The largest absolute Gasteiger partial charge is 0.461 e. The molecule has 2 aromatic rings. The summed E-state index contributed by atoms with van der Waals surface area (Å²) in [5.41, 5.74) is 1.65. The molecule has 0 aliphatic carbocycles. The lowest BCUT2D eigenvalue weighted by atomic mass is 10.3. The Labute approximate surface area is 113 Å². The van der Waals surface area contributed by atoms with Gasteiger partial charge in [-0.15, -0.1) is 0 Å². The maximum Gasteiger partial charge on any atom is 0.358 e. The van der Waals surface area contributed by atoms with Crippen molar-refractivity contribution in [3.63, 3.8) is 0 Å². The van der Waals surface area contributed by atoms with Crippen LogP contribution < -0.4 is 0 Å². The van der Waals surface area contributed by atoms with Crippen LogP contribution in [0.15, 0.2) is 22.8 Å². The first-order chi connectivity index (χ1) is 8.61. The Morgan fingerprint density at radius 3 is 2.89 bits per heavy atom. The van der Waals surface area contributed by atoms with Gasteiger partial charge in [0, 0.05) is 16.4 Å². The fraction of sp³-hybridized carbons (Fsp3) is 0.250. The molecule has 2 heterocycles. The number of carbonyl (C=O) groups is 1. The van der Waals surface area contributed by atoms with Crippen molar-refractivity contribution in [3.8, 4) is 11.5 Å². The van der Waals surface area contributed by atoms with Crippen LogP contribution in [0.2, 0.25) is 0 Å². The van der Waals surface area contributed by atoms with Crippen LogP contribution in [0.3, 0.4) is 0 Å². The first-order valence-corrected chi connectivity index (χ1v) is 6.26. The molecular formula is C12H12BrN3O2. The number of nitrogens with one attached hydrogen (secondary N) is 1. The first-order valence-electron chi connectivity index (χ1n) is 5.47. The molecule has 0 saturated heterocycles. The van der Waals surface area contributed by atoms with Crippen molar-refractivity contribution in [2.24, 2.45) is 0 Å². The number of aromatic nitrogens is 3. The lowest BCUT2D eigenvalue weighted by Gasteiger charge is -1.97. The summed E-state index contributed by atoms with van der Waals surface area (Å²) in [6, 6.07) is 3.68. The number of aryl methyl sites for hydroxylation is 1. The highest BCUT2D eigenvalue weighted by molar-refractivity contribution is 9.10. The molecule has 0 atom stereocenters. The SMILES string of the molecule is CCOC(=O)c1nc(-c2ccc(Br)cn2)[nH]c1C. The van der Waals surface area contributed by atoms with E-state index in [2.05, 4.69) is 30.9 Å². The normalized spacial score (nSPS) is 10.4. The average molecular weight is 310 g/mol. The number of nitrogens with zero attached hydrogens (tertiary/aromatic N) is 2. The van der Waals surface area contributed by atoms with Gasteiger partial charge in [0.25, 0.3) is 0 Å². The zero-order valence-electron chi connectivity index (χ0n) is 10.0. The van der Waals surface area contributed by atoms with Crippen LogP contribution in [0.25, 0.3) is 11.5 Å². The van der Waals surface area contributed by atoms with Gasteiger partial charge in [-0.05, 0) is 41.9 Å². The van der Waals surface area contributed by atoms with Crippen LogP contribution >= 0.6 is 15.9 Å². The molecule has 0 aliphatic heterocycles. The molecule has 1 N–H and O–H groups in total. The molecule has 0 aliphatic rings. The van der Waals surface area contributed by atoms with Crippen LogP contribution in [0, 0.1) is 6.92 Å². The molecule has 2 aromatic heterocycles. The third kappa shape index (κ3) is 2.59. The smallest absolute Gasteiger partial charge is 0.358 e. The van der Waals surface area contributed by atoms with Crippen molar-refractivity contribution in [3.05, 3.63) is 34.2 Å². The Hall–Kier alpha value is -1.69. The molecule has 0 aromatic carbocycles. The number of aromatic amines is 1. The first kappa shape index (κ1) is 12.8. The van der Waals surface area contributed by atoms with Gasteiger partial charge in [-0.2, -0.15) is 0 Å². The molecule has 6 heteroatoms. The van der Waals surface area contributed by atoms with Crippen molar-refractivity contribution < 1.29 is 9.53 Å². The number of H-pyrrole nitrogens is 1. The van der Waals surface area contributed by atoms with Gasteiger partial charge in [-0.3, -0.25) is 4.98 Å². The molecule has 18 heavy (non-hydrogen) atoms. The highest BCUT2D eigenvalue weighted by Gasteiger charge is 2.16. The van der Waals surface area contributed by atoms with Crippen LogP contribution in [-0.4, -0.2) is 27.5 Å². The topological polar surface area (TPSA) is 67.9 Å². The lowest BCUT2D eigenvalue weighted by Crippen LogP contribution is -2.06. The van der Waals surface area contributed by atoms with Crippen LogP contribution in [0.5, 0.6) is 0 Å². The second kappa shape index (κ2) is 5.30. The van der Waals surface area contributed by atoms with E-state index in [4.69, 9.17) is 4.74 Å². The van der Waals surface area contributed by atoms with Crippen LogP contribution in [0.1, 0.15) is 23.1 Å². The summed E-state index contributed by atoms with van der Waals surface area (Å²) >= 11 is 3.31. The molecule has 2 rings (SSSR count). The second-order valence-electron chi connectivity index (χ2n) is 3.64. The van der Waals surface area contributed by atoms with Gasteiger partial charge < -0.3 is 9.72 Å². The molecule has 5 nitrogen and oxygen atoms in total. The highest BCUT2D eigenvalue weighted by Crippen LogP contribution is 2.18. The maximum absolute atomic E-state index is 11.6. The van der Waals surface area contributed by atoms with E-state index in [1.165, 1.54) is 0 Å². The molecule has 0 saturated carbocycles. The Morgan fingerprint density at radius 1 is 1.50 bits per heavy atom. The summed E-state index contributed by atoms with van der Waals surface area (Å²) in [6.45, 7) is 3.87. The summed E-state index contributed by atoms with van der Waals surface area (Å²) in [5, 5.41) is 0. The molecule has 0 bridgehead atoms. The minimum Gasteiger partial charge on any atom is -0.461 e. The van der Waals surface area contributed by atoms with E-state index in [1.54, 1.807) is 20.0 Å². The highest BCUT2D eigenvalue weighted by atomic mass is 79.9. The predicted octanol–water partition coefficient (Wildman–Crippen LogP) is 2.72. The third-order valence-electron chi connectivity index (χ3n) is 2.32. The van der Waals surface area contributed by atoms with E-state index in [0.29, 0.717) is 29.5 Å². The zero-order valence-corrected chi connectivity index (χ0v) is 11.6. The molecule has 0 unspecified atom stereocenters. The number of imidazole rings is 1. The fourth-order valence-electron chi connectivity index (χ4n) is 1.50. The van der Waals surface area contributed by atoms with Gasteiger partial charge in [-0.1, -0.05) is 0 Å². The lowest BCUT2D eigenvalue weighted by molar-refractivity contribution is 0.0519. The zero-order chi connectivity index (χ0) is 13.1. The molecule has 0 fully saturated rings. The van der Waals surface area contributed by atoms with E-state index in [1.807, 2.05) is 12.1 Å².